The second kappa shape index (κ2) is 5.66. The molecule has 0 spiro atoms. The number of fused-ring (bicyclic) bond motifs is 3. The smallest absolute Gasteiger partial charge is 0.271 e. The van der Waals surface area contributed by atoms with Gasteiger partial charge in [-0.25, -0.2) is 4.39 Å². The molecule has 2 aromatic rings. The highest BCUT2D eigenvalue weighted by Gasteiger charge is 2.59. The summed E-state index contributed by atoms with van der Waals surface area (Å²) < 4.78 is 14.0. The minimum absolute atomic E-state index is 0.00545. The molecule has 1 atom stereocenters. The maximum Gasteiger partial charge on any atom is 0.271 e. The predicted octanol–water partition coefficient (Wildman–Crippen LogP) is 2.37. The first-order valence-electron chi connectivity index (χ1n) is 8.23. The Kier molecular flexibility index (Phi) is 3.54. The van der Waals surface area contributed by atoms with Gasteiger partial charge in [0.2, 0.25) is 11.6 Å². The lowest BCUT2D eigenvalue weighted by molar-refractivity contribution is -0.128. The van der Waals surface area contributed by atoms with Crippen LogP contribution in [-0.4, -0.2) is 35.3 Å². The van der Waals surface area contributed by atoms with Crippen LogP contribution in [0.1, 0.15) is 23.2 Å². The summed E-state index contributed by atoms with van der Waals surface area (Å²) in [6.45, 7) is 0. The summed E-state index contributed by atoms with van der Waals surface area (Å²) in [6, 6.07) is 12.5. The van der Waals surface area contributed by atoms with E-state index in [-0.39, 0.29) is 30.3 Å². The number of carbonyl (C=O) groups is 3. The highest BCUT2D eigenvalue weighted by Crippen LogP contribution is 2.44. The van der Waals surface area contributed by atoms with E-state index in [4.69, 9.17) is 0 Å². The van der Waals surface area contributed by atoms with E-state index in [1.54, 1.807) is 30.3 Å². The molecule has 0 aliphatic carbocycles. The van der Waals surface area contributed by atoms with E-state index in [0.29, 0.717) is 11.3 Å². The third-order valence-corrected chi connectivity index (χ3v) is 5.03. The number of carbonyl (C=O) groups excluding carboxylic acids is 3. The molecule has 2 heterocycles. The monoisotopic (exact) mass is 353 g/mol. The Morgan fingerprint density at radius 3 is 2.58 bits per heavy atom. The van der Waals surface area contributed by atoms with Gasteiger partial charge in [-0.1, -0.05) is 24.3 Å². The zero-order valence-electron chi connectivity index (χ0n) is 14.0. The maximum atomic E-state index is 14.0. The second-order valence-electron chi connectivity index (χ2n) is 6.36. The van der Waals surface area contributed by atoms with Gasteiger partial charge in [0.05, 0.1) is 16.9 Å². The minimum Gasteiger partial charge on any atom is -0.320 e. The number of hydrogen-bond acceptors (Lipinski definition) is 3. The fourth-order valence-corrected chi connectivity index (χ4v) is 3.71. The summed E-state index contributed by atoms with van der Waals surface area (Å²) in [5.74, 6) is -1.80. The molecule has 1 saturated heterocycles. The van der Waals surface area contributed by atoms with Crippen molar-refractivity contribution in [2.45, 2.75) is 18.5 Å². The molecule has 2 aliphatic rings. The Morgan fingerprint density at radius 1 is 1.12 bits per heavy atom. The maximum absolute atomic E-state index is 14.0. The van der Waals surface area contributed by atoms with Gasteiger partial charge >= 0.3 is 0 Å². The van der Waals surface area contributed by atoms with E-state index in [1.807, 2.05) is 0 Å². The molecule has 0 radical (unpaired) electrons. The zero-order valence-corrected chi connectivity index (χ0v) is 14.0. The predicted molar refractivity (Wildman–Crippen MR) is 93.0 cm³/mol. The number of para-hydroxylation sites is 2. The van der Waals surface area contributed by atoms with Crippen LogP contribution in [0.4, 0.5) is 15.8 Å². The van der Waals surface area contributed by atoms with E-state index in [0.717, 1.165) is 0 Å². The molecule has 3 amide bonds. The lowest BCUT2D eigenvalue weighted by Gasteiger charge is -2.47. The molecule has 2 aromatic carbocycles. The number of anilines is 2. The van der Waals surface area contributed by atoms with Crippen LogP contribution in [0.5, 0.6) is 0 Å². The van der Waals surface area contributed by atoms with Crippen molar-refractivity contribution in [1.29, 1.82) is 0 Å². The second-order valence-corrected chi connectivity index (χ2v) is 6.36. The molecule has 6 nitrogen and oxygen atoms in total. The highest BCUT2D eigenvalue weighted by atomic mass is 19.1. The molecule has 26 heavy (non-hydrogen) atoms. The van der Waals surface area contributed by atoms with Crippen LogP contribution in [0.3, 0.4) is 0 Å². The number of benzene rings is 2. The Balaban J connectivity index is 1.83. The lowest BCUT2D eigenvalue weighted by atomic mass is 9.96. The van der Waals surface area contributed by atoms with Crippen LogP contribution < -0.4 is 10.2 Å². The first kappa shape index (κ1) is 16.3. The van der Waals surface area contributed by atoms with Gasteiger partial charge in [0.15, 0.2) is 0 Å². The van der Waals surface area contributed by atoms with Crippen molar-refractivity contribution in [1.82, 2.24) is 4.90 Å². The van der Waals surface area contributed by atoms with Crippen LogP contribution in [0, 0.1) is 5.82 Å². The van der Waals surface area contributed by atoms with E-state index in [2.05, 4.69) is 5.32 Å². The van der Waals surface area contributed by atoms with Crippen LogP contribution in [0.15, 0.2) is 48.5 Å². The van der Waals surface area contributed by atoms with Crippen molar-refractivity contribution in [2.24, 2.45) is 0 Å². The molecule has 4 rings (SSSR count). The molecular weight excluding hydrogens is 337 g/mol. The standard InChI is InChI=1S/C19H16FN3O3/c1-22-17(25)12-6-2-5-9-15(12)23-16(24)10-11-19(22,23)18(26)21-14-8-4-3-7-13(14)20/h2-9H,10-11H2,1H3,(H,21,26). The molecule has 1 unspecified atom stereocenters. The summed E-state index contributed by atoms with van der Waals surface area (Å²) >= 11 is 0. The van der Waals surface area contributed by atoms with Gasteiger partial charge in [-0.2, -0.15) is 0 Å². The number of likely N-dealkylation sites (N-methyl/N-ethyl adjacent to an activating group) is 1. The largest absolute Gasteiger partial charge is 0.320 e. The fraction of sp³-hybridized carbons (Fsp3) is 0.211. The number of nitrogens with one attached hydrogen (secondary N) is 1. The quantitative estimate of drug-likeness (QED) is 0.901. The lowest BCUT2D eigenvalue weighted by Crippen LogP contribution is -2.68. The van der Waals surface area contributed by atoms with Gasteiger partial charge in [0.25, 0.3) is 11.8 Å². The number of nitrogens with zero attached hydrogens (tertiary/aromatic N) is 2. The molecule has 0 aromatic heterocycles. The van der Waals surface area contributed by atoms with Gasteiger partial charge in [-0.05, 0) is 24.3 Å². The van der Waals surface area contributed by atoms with Crippen molar-refractivity contribution >= 4 is 29.1 Å². The summed E-state index contributed by atoms with van der Waals surface area (Å²) in [4.78, 5) is 41.2. The molecule has 132 valence electrons. The summed E-state index contributed by atoms with van der Waals surface area (Å²) in [7, 11) is 1.49. The Morgan fingerprint density at radius 2 is 1.81 bits per heavy atom. The highest BCUT2D eigenvalue weighted by molar-refractivity contribution is 6.18. The van der Waals surface area contributed by atoms with Crippen LogP contribution >= 0.6 is 0 Å². The fourth-order valence-electron chi connectivity index (χ4n) is 3.71. The molecule has 2 aliphatic heterocycles. The first-order chi connectivity index (χ1) is 12.5. The zero-order chi connectivity index (χ0) is 18.5. The molecule has 1 N–H and O–H groups in total. The molecule has 7 heteroatoms. The molecule has 1 fully saturated rings. The van der Waals surface area contributed by atoms with Crippen LogP contribution in [0.2, 0.25) is 0 Å². The van der Waals surface area contributed by atoms with Crippen LogP contribution in [0.25, 0.3) is 0 Å². The molecular formula is C19H16FN3O3. The van der Waals surface area contributed by atoms with E-state index < -0.39 is 17.4 Å². The van der Waals surface area contributed by atoms with Crippen molar-refractivity contribution < 1.29 is 18.8 Å². The third kappa shape index (κ3) is 2.06. The summed E-state index contributed by atoms with van der Waals surface area (Å²) in [5, 5.41) is 2.54. The Hall–Kier alpha value is -3.22. The topological polar surface area (TPSA) is 69.7 Å². The van der Waals surface area contributed by atoms with Gasteiger partial charge in [-0.15, -0.1) is 0 Å². The number of amides is 3. The first-order valence-corrected chi connectivity index (χ1v) is 8.23. The number of rotatable bonds is 2. The third-order valence-electron chi connectivity index (χ3n) is 5.03. The molecule has 0 bridgehead atoms. The average Bonchev–Trinajstić information content (AvgIpc) is 3.00. The van der Waals surface area contributed by atoms with Gasteiger partial charge in [-0.3, -0.25) is 19.3 Å². The minimum atomic E-state index is -1.51. The van der Waals surface area contributed by atoms with Crippen molar-refractivity contribution in [3.63, 3.8) is 0 Å². The van der Waals surface area contributed by atoms with E-state index in [1.165, 1.54) is 35.0 Å². The number of hydrogen-bond donors (Lipinski definition) is 1. The molecule has 0 saturated carbocycles. The summed E-state index contributed by atoms with van der Waals surface area (Å²) in [6.07, 6.45) is 0.263. The summed E-state index contributed by atoms with van der Waals surface area (Å²) in [5.41, 5.74) is -0.739. The van der Waals surface area contributed by atoms with Gasteiger partial charge in [0.1, 0.15) is 5.82 Å². The Bertz CT molecular complexity index is 945. The van der Waals surface area contributed by atoms with Crippen molar-refractivity contribution in [3.8, 4) is 0 Å². The van der Waals surface area contributed by atoms with Gasteiger partial charge in [0, 0.05) is 19.9 Å². The van der Waals surface area contributed by atoms with Gasteiger partial charge < -0.3 is 10.2 Å². The van der Waals surface area contributed by atoms with Crippen molar-refractivity contribution in [2.75, 3.05) is 17.3 Å². The van der Waals surface area contributed by atoms with Crippen molar-refractivity contribution in [3.05, 3.63) is 59.9 Å². The normalized spacial score (nSPS) is 21.5. The Labute approximate surface area is 149 Å². The van der Waals surface area contributed by atoms with E-state index >= 15 is 0 Å². The number of halogens is 1. The van der Waals surface area contributed by atoms with Crippen LogP contribution in [-0.2, 0) is 9.59 Å². The van der Waals surface area contributed by atoms with E-state index in [9.17, 15) is 18.8 Å². The average molecular weight is 353 g/mol. The SMILES string of the molecule is CN1C(=O)c2ccccc2N2C(=O)CCC12C(=O)Nc1ccccc1F.